The first-order valence-corrected chi connectivity index (χ1v) is 7.98. The molecule has 1 aliphatic rings. The fourth-order valence-corrected chi connectivity index (χ4v) is 3.18. The van der Waals surface area contributed by atoms with Crippen LogP contribution in [0.4, 0.5) is 13.2 Å². The van der Waals surface area contributed by atoms with Crippen LogP contribution >= 0.6 is 38.5 Å². The highest BCUT2D eigenvalue weighted by molar-refractivity contribution is 14.1. The van der Waals surface area contributed by atoms with Gasteiger partial charge in [0.15, 0.2) is 0 Å². The molecule has 0 aromatic heterocycles. The molecule has 1 aliphatic heterocycles. The van der Waals surface area contributed by atoms with E-state index in [4.69, 9.17) is 0 Å². The zero-order chi connectivity index (χ0) is 14.9. The first kappa shape index (κ1) is 16.1. The molecule has 2 nitrogen and oxygen atoms in total. The Labute approximate surface area is 137 Å². The maximum absolute atomic E-state index is 12.6. The molecule has 20 heavy (non-hydrogen) atoms. The molecule has 0 N–H and O–H groups in total. The SMILES string of the molecule is O=C(c1cccc(I)c1Br)N1CCC(C(F)(F)F)CC1. The van der Waals surface area contributed by atoms with Crippen molar-refractivity contribution in [3.63, 3.8) is 0 Å². The number of alkyl halides is 3. The predicted molar refractivity (Wildman–Crippen MR) is 81.5 cm³/mol. The van der Waals surface area contributed by atoms with Gasteiger partial charge in [-0.05, 0) is 63.5 Å². The first-order chi connectivity index (χ1) is 9.30. The third kappa shape index (κ3) is 3.47. The van der Waals surface area contributed by atoms with Gasteiger partial charge in [-0.25, -0.2) is 0 Å². The fraction of sp³-hybridized carbons (Fsp3) is 0.462. The zero-order valence-corrected chi connectivity index (χ0v) is 14.1. The summed E-state index contributed by atoms with van der Waals surface area (Å²) in [6, 6.07) is 5.31. The Bertz CT molecular complexity index is 513. The van der Waals surface area contributed by atoms with Crippen molar-refractivity contribution in [2.45, 2.75) is 19.0 Å². The van der Waals surface area contributed by atoms with E-state index in [2.05, 4.69) is 38.5 Å². The van der Waals surface area contributed by atoms with Crippen LogP contribution in [0.1, 0.15) is 23.2 Å². The quantitative estimate of drug-likeness (QED) is 0.565. The number of hydrogen-bond donors (Lipinski definition) is 0. The third-order valence-corrected chi connectivity index (χ3v) is 5.92. The minimum Gasteiger partial charge on any atom is -0.339 e. The second-order valence-corrected chi connectivity index (χ2v) is 6.66. The van der Waals surface area contributed by atoms with Crippen molar-refractivity contribution < 1.29 is 18.0 Å². The van der Waals surface area contributed by atoms with Crippen molar-refractivity contribution in [1.82, 2.24) is 4.90 Å². The second kappa shape index (κ2) is 6.21. The molecule has 7 heteroatoms. The number of amides is 1. The van der Waals surface area contributed by atoms with Gasteiger partial charge in [0.1, 0.15) is 0 Å². The standard InChI is InChI=1S/C13H12BrF3INO/c14-11-9(2-1-3-10(11)18)12(20)19-6-4-8(5-7-19)13(15,16)17/h1-3,8H,4-7H2. The summed E-state index contributed by atoms with van der Waals surface area (Å²) >= 11 is 5.46. The van der Waals surface area contributed by atoms with Crippen molar-refractivity contribution in [1.29, 1.82) is 0 Å². The Hall–Kier alpha value is -0.310. The molecule has 1 amide bonds. The molecule has 0 unspecified atom stereocenters. The summed E-state index contributed by atoms with van der Waals surface area (Å²) in [5.74, 6) is -1.50. The Balaban J connectivity index is 2.07. The van der Waals surface area contributed by atoms with Crippen LogP contribution in [0.2, 0.25) is 0 Å². The molecule has 1 fully saturated rings. The van der Waals surface area contributed by atoms with Gasteiger partial charge in [0.25, 0.3) is 5.91 Å². The molecule has 0 saturated carbocycles. The van der Waals surface area contributed by atoms with E-state index >= 15 is 0 Å². The van der Waals surface area contributed by atoms with Crippen LogP contribution in [0.5, 0.6) is 0 Å². The van der Waals surface area contributed by atoms with E-state index in [-0.39, 0.29) is 31.8 Å². The number of nitrogens with zero attached hydrogens (tertiary/aromatic N) is 1. The smallest absolute Gasteiger partial charge is 0.339 e. The zero-order valence-electron chi connectivity index (χ0n) is 10.4. The summed E-state index contributed by atoms with van der Waals surface area (Å²) in [5.41, 5.74) is 0.502. The Kier molecular flexibility index (Phi) is 4.99. The summed E-state index contributed by atoms with van der Waals surface area (Å²) in [6.45, 7) is 0.307. The van der Waals surface area contributed by atoms with E-state index in [1.54, 1.807) is 12.1 Å². The maximum atomic E-state index is 12.6. The number of halogens is 5. The highest BCUT2D eigenvalue weighted by Crippen LogP contribution is 2.35. The molecule has 110 valence electrons. The Morgan fingerprint density at radius 1 is 1.30 bits per heavy atom. The summed E-state index contributed by atoms with van der Waals surface area (Å²) < 4.78 is 39.4. The summed E-state index contributed by atoms with van der Waals surface area (Å²) in [6.07, 6.45) is -4.19. The van der Waals surface area contributed by atoms with E-state index in [0.717, 1.165) is 3.57 Å². The fourth-order valence-electron chi connectivity index (χ4n) is 2.25. The van der Waals surface area contributed by atoms with Crippen LogP contribution in [0, 0.1) is 9.49 Å². The van der Waals surface area contributed by atoms with Gasteiger partial charge >= 0.3 is 6.18 Å². The molecular weight excluding hydrogens is 450 g/mol. The number of rotatable bonds is 1. The number of benzene rings is 1. The van der Waals surface area contributed by atoms with Gasteiger partial charge in [-0.3, -0.25) is 4.79 Å². The average Bonchev–Trinajstić information content (AvgIpc) is 2.40. The van der Waals surface area contributed by atoms with Crippen molar-refractivity contribution in [2.75, 3.05) is 13.1 Å². The molecule has 0 bridgehead atoms. The van der Waals surface area contributed by atoms with Crippen LogP contribution in [-0.4, -0.2) is 30.1 Å². The Morgan fingerprint density at radius 2 is 1.90 bits per heavy atom. The number of hydrogen-bond acceptors (Lipinski definition) is 1. The van der Waals surface area contributed by atoms with Crippen LogP contribution in [0.25, 0.3) is 0 Å². The average molecular weight is 462 g/mol. The predicted octanol–water partition coefficient (Wildman–Crippen LogP) is 4.47. The van der Waals surface area contributed by atoms with Gasteiger partial charge in [-0.2, -0.15) is 13.2 Å². The molecule has 1 aromatic carbocycles. The van der Waals surface area contributed by atoms with E-state index < -0.39 is 12.1 Å². The van der Waals surface area contributed by atoms with Gasteiger partial charge in [-0.15, -0.1) is 0 Å². The minimum absolute atomic E-state index is 0.0171. The van der Waals surface area contributed by atoms with Crippen molar-refractivity contribution >= 4 is 44.4 Å². The van der Waals surface area contributed by atoms with Crippen LogP contribution < -0.4 is 0 Å². The summed E-state index contributed by atoms with van der Waals surface area (Å²) in [4.78, 5) is 13.8. The number of likely N-dealkylation sites (tertiary alicyclic amines) is 1. The van der Waals surface area contributed by atoms with Crippen LogP contribution in [-0.2, 0) is 0 Å². The minimum atomic E-state index is -4.15. The van der Waals surface area contributed by atoms with Gasteiger partial charge in [-0.1, -0.05) is 6.07 Å². The van der Waals surface area contributed by atoms with E-state index in [1.807, 2.05) is 6.07 Å². The van der Waals surface area contributed by atoms with Gasteiger partial charge in [0.2, 0.25) is 0 Å². The summed E-state index contributed by atoms with van der Waals surface area (Å²) in [5, 5.41) is 0. The molecule has 1 heterocycles. The lowest BCUT2D eigenvalue weighted by atomic mass is 9.96. The van der Waals surface area contributed by atoms with Gasteiger partial charge in [0, 0.05) is 21.1 Å². The van der Waals surface area contributed by atoms with E-state index in [1.165, 1.54) is 4.90 Å². The maximum Gasteiger partial charge on any atom is 0.391 e. The monoisotopic (exact) mass is 461 g/mol. The largest absolute Gasteiger partial charge is 0.391 e. The molecule has 2 rings (SSSR count). The van der Waals surface area contributed by atoms with Crippen molar-refractivity contribution in [3.8, 4) is 0 Å². The lowest BCUT2D eigenvalue weighted by molar-refractivity contribution is -0.183. The van der Waals surface area contributed by atoms with Gasteiger partial charge < -0.3 is 4.90 Å². The summed E-state index contributed by atoms with van der Waals surface area (Å²) in [7, 11) is 0. The van der Waals surface area contributed by atoms with E-state index in [0.29, 0.717) is 10.0 Å². The molecule has 1 saturated heterocycles. The third-order valence-electron chi connectivity index (χ3n) is 3.43. The van der Waals surface area contributed by atoms with E-state index in [9.17, 15) is 18.0 Å². The molecular formula is C13H12BrF3INO. The topological polar surface area (TPSA) is 20.3 Å². The van der Waals surface area contributed by atoms with Crippen molar-refractivity contribution in [2.24, 2.45) is 5.92 Å². The number of piperidine rings is 1. The molecule has 1 aromatic rings. The first-order valence-electron chi connectivity index (χ1n) is 6.10. The lowest BCUT2D eigenvalue weighted by Gasteiger charge is -2.33. The van der Waals surface area contributed by atoms with Gasteiger partial charge in [0.05, 0.1) is 11.5 Å². The molecule has 0 atom stereocenters. The second-order valence-electron chi connectivity index (χ2n) is 4.71. The molecule has 0 radical (unpaired) electrons. The number of carbonyl (C=O) groups excluding carboxylic acids is 1. The van der Waals surface area contributed by atoms with Crippen LogP contribution in [0.3, 0.4) is 0 Å². The van der Waals surface area contributed by atoms with Crippen LogP contribution in [0.15, 0.2) is 22.7 Å². The normalized spacial score (nSPS) is 17.4. The van der Waals surface area contributed by atoms with Crippen molar-refractivity contribution in [3.05, 3.63) is 31.8 Å². The Morgan fingerprint density at radius 3 is 2.45 bits per heavy atom. The molecule has 0 spiro atoms. The highest BCUT2D eigenvalue weighted by Gasteiger charge is 2.41. The number of carbonyl (C=O) groups is 1. The molecule has 0 aliphatic carbocycles. The lowest BCUT2D eigenvalue weighted by Crippen LogP contribution is -2.42. The highest BCUT2D eigenvalue weighted by atomic mass is 127.